The van der Waals surface area contributed by atoms with Crippen LogP contribution in [0.5, 0.6) is 5.75 Å². The summed E-state index contributed by atoms with van der Waals surface area (Å²) in [5.74, 6) is 1.14. The number of hydrogen-bond donors (Lipinski definition) is 0. The fraction of sp³-hybridized carbons (Fsp3) is 0.190. The molecule has 0 spiro atoms. The summed E-state index contributed by atoms with van der Waals surface area (Å²) in [7, 11) is -2.27. The van der Waals surface area contributed by atoms with Gasteiger partial charge >= 0.3 is 6.18 Å². The van der Waals surface area contributed by atoms with Gasteiger partial charge in [-0.1, -0.05) is 24.1 Å². The van der Waals surface area contributed by atoms with Crippen LogP contribution >= 0.6 is 0 Å². The first-order valence-electron chi connectivity index (χ1n) is 8.73. The van der Waals surface area contributed by atoms with Gasteiger partial charge in [0.1, 0.15) is 12.2 Å². The molecule has 5 nitrogen and oxygen atoms in total. The number of terminal acetylenes is 1. The van der Waals surface area contributed by atoms with Gasteiger partial charge in [-0.05, 0) is 29.8 Å². The molecule has 0 amide bonds. The van der Waals surface area contributed by atoms with Crippen molar-refractivity contribution in [2.24, 2.45) is 0 Å². The first kappa shape index (κ1) is 22.4. The molecule has 3 aromatic rings. The van der Waals surface area contributed by atoms with Gasteiger partial charge in [-0.3, -0.25) is 0 Å². The predicted octanol–water partition coefficient (Wildman–Crippen LogP) is 4.42. The Hall–Kier alpha value is -3.32. The Morgan fingerprint density at radius 3 is 2.23 bits per heavy atom. The second kappa shape index (κ2) is 8.07. The van der Waals surface area contributed by atoms with E-state index in [1.165, 1.54) is 43.5 Å². The van der Waals surface area contributed by atoms with Gasteiger partial charge in [0.25, 0.3) is 0 Å². The third-order valence-corrected chi connectivity index (χ3v) is 5.59. The maximum atomic E-state index is 14.3. The van der Waals surface area contributed by atoms with Crippen LogP contribution in [0.3, 0.4) is 0 Å². The zero-order valence-electron chi connectivity index (χ0n) is 16.4. The van der Waals surface area contributed by atoms with Crippen LogP contribution in [-0.2, 0) is 22.6 Å². The molecule has 0 atom stereocenters. The number of halogens is 4. The lowest BCUT2D eigenvalue weighted by molar-refractivity contribution is -0.143. The zero-order chi connectivity index (χ0) is 23.0. The monoisotopic (exact) mass is 452 g/mol. The third-order valence-electron chi connectivity index (χ3n) is 4.46. The molecule has 0 aliphatic rings. The van der Waals surface area contributed by atoms with Crippen molar-refractivity contribution in [2.45, 2.75) is 17.6 Å². The highest BCUT2D eigenvalue weighted by Crippen LogP contribution is 2.43. The lowest BCUT2D eigenvalue weighted by atomic mass is 9.98. The van der Waals surface area contributed by atoms with Crippen LogP contribution in [0.2, 0.25) is 0 Å². The average Bonchev–Trinajstić information content (AvgIpc) is 3.07. The normalized spacial score (nSPS) is 11.9. The van der Waals surface area contributed by atoms with Crippen molar-refractivity contribution in [3.05, 3.63) is 54.0 Å². The quantitative estimate of drug-likeness (QED) is 0.425. The van der Waals surface area contributed by atoms with Crippen molar-refractivity contribution in [3.63, 3.8) is 0 Å². The minimum atomic E-state index is -4.85. The molecule has 0 radical (unpaired) electrons. The molecule has 0 unspecified atom stereocenters. The molecular formula is C21H16F4N2O3S. The molecule has 1 aromatic heterocycles. The van der Waals surface area contributed by atoms with E-state index in [1.54, 1.807) is 0 Å². The van der Waals surface area contributed by atoms with Gasteiger partial charge < -0.3 is 4.74 Å². The van der Waals surface area contributed by atoms with E-state index in [0.717, 1.165) is 12.3 Å². The van der Waals surface area contributed by atoms with Crippen LogP contribution in [0.1, 0.15) is 5.69 Å². The van der Waals surface area contributed by atoms with Gasteiger partial charge in [-0.2, -0.15) is 18.3 Å². The number of ether oxygens (including phenoxy) is 1. The van der Waals surface area contributed by atoms with Crippen molar-refractivity contribution in [2.75, 3.05) is 13.4 Å². The number of nitrogens with zero attached hydrogens (tertiary/aromatic N) is 2. The lowest BCUT2D eigenvalue weighted by Gasteiger charge is -2.13. The minimum absolute atomic E-state index is 0.00704. The van der Waals surface area contributed by atoms with E-state index in [-0.39, 0.29) is 33.0 Å². The highest BCUT2D eigenvalue weighted by molar-refractivity contribution is 7.90. The van der Waals surface area contributed by atoms with Crippen molar-refractivity contribution in [1.82, 2.24) is 9.78 Å². The molecular weight excluding hydrogens is 436 g/mol. The van der Waals surface area contributed by atoms with Crippen LogP contribution < -0.4 is 4.74 Å². The minimum Gasteiger partial charge on any atom is -0.494 e. The topological polar surface area (TPSA) is 61.2 Å². The van der Waals surface area contributed by atoms with E-state index in [0.29, 0.717) is 4.68 Å². The largest absolute Gasteiger partial charge is 0.494 e. The SMILES string of the molecule is C#CCn1nc(-c2ccc(S(C)(=O)=O)cc2)c(-c2ccc(OC)c(F)c2)c1C(F)(F)F. The molecule has 0 saturated heterocycles. The summed E-state index contributed by atoms with van der Waals surface area (Å²) in [5.41, 5.74) is -1.52. The van der Waals surface area contributed by atoms with Crippen molar-refractivity contribution < 1.29 is 30.7 Å². The number of sulfone groups is 1. The van der Waals surface area contributed by atoms with Crippen molar-refractivity contribution in [3.8, 4) is 40.5 Å². The molecule has 31 heavy (non-hydrogen) atoms. The maximum Gasteiger partial charge on any atom is 0.433 e. The predicted molar refractivity (Wildman–Crippen MR) is 107 cm³/mol. The molecule has 3 rings (SSSR count). The summed E-state index contributed by atoms with van der Waals surface area (Å²) < 4.78 is 85.1. The Bertz CT molecular complexity index is 1270. The van der Waals surface area contributed by atoms with Gasteiger partial charge in [0.05, 0.1) is 12.0 Å². The highest BCUT2D eigenvalue weighted by Gasteiger charge is 2.40. The Morgan fingerprint density at radius 1 is 1.13 bits per heavy atom. The molecule has 1 heterocycles. The van der Waals surface area contributed by atoms with E-state index in [2.05, 4.69) is 11.0 Å². The summed E-state index contributed by atoms with van der Waals surface area (Å²) >= 11 is 0. The summed E-state index contributed by atoms with van der Waals surface area (Å²) in [5, 5.41) is 4.03. The van der Waals surface area contributed by atoms with Crippen molar-refractivity contribution >= 4 is 9.84 Å². The van der Waals surface area contributed by atoms with Gasteiger partial charge in [0.15, 0.2) is 27.1 Å². The summed E-state index contributed by atoms with van der Waals surface area (Å²) in [6, 6.07) is 8.60. The number of methoxy groups -OCH3 is 1. The molecule has 10 heteroatoms. The van der Waals surface area contributed by atoms with E-state index >= 15 is 0 Å². The van der Waals surface area contributed by atoms with Crippen LogP contribution in [0.25, 0.3) is 22.4 Å². The second-order valence-corrected chi connectivity index (χ2v) is 8.59. The molecule has 0 aliphatic carbocycles. The van der Waals surface area contributed by atoms with E-state index in [1.807, 2.05) is 0 Å². The molecule has 0 fully saturated rings. The van der Waals surface area contributed by atoms with Crippen molar-refractivity contribution in [1.29, 1.82) is 0 Å². The van der Waals surface area contributed by atoms with E-state index in [9.17, 15) is 26.0 Å². The standard InChI is InChI=1S/C21H16F4N2O3S/c1-4-11-27-20(21(23,24)25)18(14-7-10-17(30-2)16(22)12-14)19(26-27)13-5-8-15(9-6-13)31(3,28)29/h1,5-10,12H,11H2,2-3H3. The fourth-order valence-electron chi connectivity index (χ4n) is 3.11. The molecule has 162 valence electrons. The molecule has 2 aromatic carbocycles. The smallest absolute Gasteiger partial charge is 0.433 e. The number of hydrogen-bond acceptors (Lipinski definition) is 4. The molecule has 0 bridgehead atoms. The van der Waals surface area contributed by atoms with Gasteiger partial charge in [-0.25, -0.2) is 17.5 Å². The van der Waals surface area contributed by atoms with E-state index in [4.69, 9.17) is 11.2 Å². The highest BCUT2D eigenvalue weighted by atomic mass is 32.2. The van der Waals surface area contributed by atoms with Crippen LogP contribution in [0.15, 0.2) is 47.4 Å². The Balaban J connectivity index is 2.33. The van der Waals surface area contributed by atoms with E-state index < -0.39 is 34.1 Å². The zero-order valence-corrected chi connectivity index (χ0v) is 17.2. The van der Waals surface area contributed by atoms with Crippen LogP contribution in [0.4, 0.5) is 17.6 Å². The number of alkyl halides is 3. The Morgan fingerprint density at radius 2 is 1.74 bits per heavy atom. The molecule has 0 saturated carbocycles. The van der Waals surface area contributed by atoms with Gasteiger partial charge in [-0.15, -0.1) is 6.42 Å². The lowest BCUT2D eigenvalue weighted by Crippen LogP contribution is -2.15. The Kier molecular flexibility index (Phi) is 5.83. The summed E-state index contributed by atoms with van der Waals surface area (Å²) in [6.45, 7) is -0.470. The molecule has 0 aliphatic heterocycles. The number of aromatic nitrogens is 2. The fourth-order valence-corrected chi connectivity index (χ4v) is 3.74. The molecule has 0 N–H and O–H groups in total. The number of rotatable bonds is 5. The Labute approximate surface area is 176 Å². The third kappa shape index (κ3) is 4.41. The summed E-state index contributed by atoms with van der Waals surface area (Å²) in [4.78, 5) is -0.00704. The summed E-state index contributed by atoms with van der Waals surface area (Å²) in [6.07, 6.45) is 1.38. The van der Waals surface area contributed by atoms with Gasteiger partial charge in [0, 0.05) is 17.4 Å². The second-order valence-electron chi connectivity index (χ2n) is 6.58. The maximum absolute atomic E-state index is 14.3. The number of benzene rings is 2. The average molecular weight is 452 g/mol. The van der Waals surface area contributed by atoms with Gasteiger partial charge in [0.2, 0.25) is 0 Å². The first-order chi connectivity index (χ1) is 14.5. The van der Waals surface area contributed by atoms with Crippen LogP contribution in [-0.4, -0.2) is 31.6 Å². The van der Waals surface area contributed by atoms with Crippen LogP contribution in [0, 0.1) is 18.2 Å². The first-order valence-corrected chi connectivity index (χ1v) is 10.6.